The van der Waals surface area contributed by atoms with Gasteiger partial charge in [-0.3, -0.25) is 4.79 Å². The number of anilines is 1. The lowest BCUT2D eigenvalue weighted by atomic mass is 10.1. The Morgan fingerprint density at radius 3 is 2.44 bits per heavy atom. The molecule has 6 nitrogen and oxygen atoms in total. The molecule has 27 heavy (non-hydrogen) atoms. The molecule has 0 spiro atoms. The monoisotopic (exact) mass is 370 g/mol. The van der Waals surface area contributed by atoms with Crippen LogP contribution in [0.25, 0.3) is 0 Å². The Labute approximate surface area is 161 Å². The highest BCUT2D eigenvalue weighted by molar-refractivity contribution is 5.79. The van der Waals surface area contributed by atoms with Crippen molar-refractivity contribution in [1.29, 1.82) is 0 Å². The van der Waals surface area contributed by atoms with E-state index < -0.39 is 0 Å². The van der Waals surface area contributed by atoms with Crippen LogP contribution < -0.4 is 10.2 Å². The predicted octanol–water partition coefficient (Wildman–Crippen LogP) is 2.31. The molecule has 3 aliphatic rings. The molecular formula is C21H30N4O2. The van der Waals surface area contributed by atoms with Crippen molar-refractivity contribution in [3.05, 3.63) is 30.3 Å². The van der Waals surface area contributed by atoms with Gasteiger partial charge in [-0.2, -0.15) is 0 Å². The Morgan fingerprint density at radius 1 is 1.04 bits per heavy atom. The first-order valence-corrected chi connectivity index (χ1v) is 10.3. The number of hydrogen-bond acceptors (Lipinski definition) is 3. The van der Waals surface area contributed by atoms with Crippen molar-refractivity contribution in [2.24, 2.45) is 5.92 Å². The van der Waals surface area contributed by atoms with Crippen LogP contribution in [0.1, 0.15) is 32.1 Å². The Kier molecular flexibility index (Phi) is 5.50. The molecule has 1 saturated carbocycles. The molecule has 1 atom stereocenters. The van der Waals surface area contributed by atoms with Gasteiger partial charge in [0.2, 0.25) is 5.91 Å². The minimum Gasteiger partial charge on any atom is -0.368 e. The van der Waals surface area contributed by atoms with Crippen molar-refractivity contribution in [2.45, 2.75) is 38.1 Å². The van der Waals surface area contributed by atoms with E-state index in [0.717, 1.165) is 45.6 Å². The largest absolute Gasteiger partial charge is 0.368 e. The smallest absolute Gasteiger partial charge is 0.317 e. The topological polar surface area (TPSA) is 55.9 Å². The van der Waals surface area contributed by atoms with E-state index in [1.54, 1.807) is 0 Å². The van der Waals surface area contributed by atoms with E-state index in [9.17, 15) is 9.59 Å². The Bertz CT molecular complexity index is 651. The molecule has 4 rings (SSSR count). The molecule has 1 aliphatic carbocycles. The molecule has 6 heteroatoms. The van der Waals surface area contributed by atoms with Crippen LogP contribution in [-0.4, -0.2) is 67.0 Å². The molecular weight excluding hydrogens is 340 g/mol. The molecule has 2 heterocycles. The highest BCUT2D eigenvalue weighted by Crippen LogP contribution is 2.29. The van der Waals surface area contributed by atoms with E-state index in [-0.39, 0.29) is 17.9 Å². The number of nitrogens with zero attached hydrogens (tertiary/aromatic N) is 3. The standard InChI is InChI=1S/C21H30N4O2/c26-20-14-17(16-25(20)19-8-4-5-9-19)15-22-21(27)24-12-10-23(11-13-24)18-6-2-1-3-7-18/h1-3,6-7,17,19H,4-5,8-16H2,(H,22,27). The first kappa shape index (κ1) is 18.1. The summed E-state index contributed by atoms with van der Waals surface area (Å²) in [4.78, 5) is 31.1. The molecule has 0 radical (unpaired) electrons. The van der Waals surface area contributed by atoms with Gasteiger partial charge in [0.15, 0.2) is 0 Å². The van der Waals surface area contributed by atoms with Crippen LogP contribution in [0.2, 0.25) is 0 Å². The number of benzene rings is 1. The van der Waals surface area contributed by atoms with E-state index in [1.807, 2.05) is 23.1 Å². The van der Waals surface area contributed by atoms with Crippen molar-refractivity contribution in [3.63, 3.8) is 0 Å². The first-order chi connectivity index (χ1) is 13.2. The summed E-state index contributed by atoms with van der Waals surface area (Å²) in [6, 6.07) is 10.8. The van der Waals surface area contributed by atoms with Crippen molar-refractivity contribution in [3.8, 4) is 0 Å². The van der Waals surface area contributed by atoms with Crippen LogP contribution in [0.4, 0.5) is 10.5 Å². The second-order valence-electron chi connectivity index (χ2n) is 8.05. The molecule has 1 unspecified atom stereocenters. The Hall–Kier alpha value is -2.24. The van der Waals surface area contributed by atoms with E-state index in [4.69, 9.17) is 0 Å². The van der Waals surface area contributed by atoms with Gasteiger partial charge >= 0.3 is 6.03 Å². The predicted molar refractivity (Wildman–Crippen MR) is 106 cm³/mol. The zero-order valence-electron chi connectivity index (χ0n) is 16.0. The fourth-order valence-electron chi connectivity index (χ4n) is 4.66. The number of rotatable bonds is 4. The lowest BCUT2D eigenvalue weighted by Crippen LogP contribution is -2.52. The summed E-state index contributed by atoms with van der Waals surface area (Å²) in [6.07, 6.45) is 5.36. The average Bonchev–Trinajstić information content (AvgIpc) is 3.36. The quantitative estimate of drug-likeness (QED) is 0.885. The maximum Gasteiger partial charge on any atom is 0.317 e. The highest BCUT2D eigenvalue weighted by atomic mass is 16.2. The molecule has 3 amide bonds. The summed E-state index contributed by atoms with van der Waals surface area (Å²) in [5.41, 5.74) is 1.22. The van der Waals surface area contributed by atoms with Crippen LogP contribution in [0, 0.1) is 5.92 Å². The first-order valence-electron chi connectivity index (χ1n) is 10.3. The van der Waals surface area contributed by atoms with E-state index in [1.165, 1.54) is 18.5 Å². The fraction of sp³-hybridized carbons (Fsp3) is 0.619. The third-order valence-electron chi connectivity index (χ3n) is 6.23. The van der Waals surface area contributed by atoms with Crippen molar-refractivity contribution in [1.82, 2.24) is 15.1 Å². The Balaban J connectivity index is 1.21. The Morgan fingerprint density at radius 2 is 1.74 bits per heavy atom. The average molecular weight is 370 g/mol. The van der Waals surface area contributed by atoms with Crippen molar-refractivity contribution in [2.75, 3.05) is 44.2 Å². The van der Waals surface area contributed by atoms with Crippen LogP contribution in [-0.2, 0) is 4.79 Å². The fourth-order valence-corrected chi connectivity index (χ4v) is 4.66. The number of piperazine rings is 1. The van der Waals surface area contributed by atoms with Crippen LogP contribution >= 0.6 is 0 Å². The number of likely N-dealkylation sites (tertiary alicyclic amines) is 1. The zero-order chi connectivity index (χ0) is 18.6. The van der Waals surface area contributed by atoms with E-state index in [2.05, 4.69) is 27.2 Å². The van der Waals surface area contributed by atoms with E-state index in [0.29, 0.717) is 19.0 Å². The number of carbonyl (C=O) groups is 2. The summed E-state index contributed by atoms with van der Waals surface area (Å²) < 4.78 is 0. The lowest BCUT2D eigenvalue weighted by Gasteiger charge is -2.36. The SMILES string of the molecule is O=C(NCC1CC(=O)N(C2CCCC2)C1)N1CCN(c2ccccc2)CC1. The van der Waals surface area contributed by atoms with Gasteiger partial charge in [0.05, 0.1) is 0 Å². The summed E-state index contributed by atoms with van der Waals surface area (Å²) in [5, 5.41) is 3.07. The summed E-state index contributed by atoms with van der Waals surface area (Å²) >= 11 is 0. The number of hydrogen-bond donors (Lipinski definition) is 1. The molecule has 146 valence electrons. The highest BCUT2D eigenvalue weighted by Gasteiger charge is 2.35. The minimum atomic E-state index is 0.00878. The van der Waals surface area contributed by atoms with Crippen LogP contribution in [0.15, 0.2) is 30.3 Å². The second-order valence-corrected chi connectivity index (χ2v) is 8.05. The zero-order valence-corrected chi connectivity index (χ0v) is 16.0. The minimum absolute atomic E-state index is 0.00878. The molecule has 3 fully saturated rings. The van der Waals surface area contributed by atoms with Gasteiger partial charge in [0, 0.05) is 63.3 Å². The lowest BCUT2D eigenvalue weighted by molar-refractivity contribution is -0.129. The van der Waals surface area contributed by atoms with Gasteiger partial charge in [-0.1, -0.05) is 31.0 Å². The summed E-state index contributed by atoms with van der Waals surface area (Å²) in [7, 11) is 0. The van der Waals surface area contributed by atoms with E-state index >= 15 is 0 Å². The maximum absolute atomic E-state index is 12.5. The third-order valence-corrected chi connectivity index (χ3v) is 6.23. The number of para-hydroxylation sites is 1. The van der Waals surface area contributed by atoms with Crippen LogP contribution in [0.5, 0.6) is 0 Å². The van der Waals surface area contributed by atoms with Crippen LogP contribution in [0.3, 0.4) is 0 Å². The molecule has 2 saturated heterocycles. The molecule has 0 bridgehead atoms. The third kappa shape index (κ3) is 4.20. The van der Waals surface area contributed by atoms with Gasteiger partial charge in [-0.25, -0.2) is 4.79 Å². The molecule has 0 aromatic heterocycles. The van der Waals surface area contributed by atoms with Gasteiger partial charge < -0.3 is 20.0 Å². The summed E-state index contributed by atoms with van der Waals surface area (Å²) in [5.74, 6) is 0.533. The summed E-state index contributed by atoms with van der Waals surface area (Å²) in [6.45, 7) is 4.60. The maximum atomic E-state index is 12.5. The van der Waals surface area contributed by atoms with Gasteiger partial charge in [-0.05, 0) is 25.0 Å². The van der Waals surface area contributed by atoms with Crippen molar-refractivity contribution < 1.29 is 9.59 Å². The van der Waals surface area contributed by atoms with Gasteiger partial charge in [-0.15, -0.1) is 0 Å². The molecule has 1 N–H and O–H groups in total. The normalized spacial score (nSPS) is 23.9. The van der Waals surface area contributed by atoms with Crippen molar-refractivity contribution >= 4 is 17.6 Å². The van der Waals surface area contributed by atoms with Gasteiger partial charge in [0.25, 0.3) is 0 Å². The molecule has 1 aromatic carbocycles. The molecule has 1 aromatic rings. The molecule has 2 aliphatic heterocycles. The number of carbonyl (C=O) groups excluding carboxylic acids is 2. The number of urea groups is 1. The number of amides is 3. The van der Waals surface area contributed by atoms with Gasteiger partial charge in [0.1, 0.15) is 0 Å². The number of nitrogens with one attached hydrogen (secondary N) is 1. The second kappa shape index (κ2) is 8.19.